The minimum Gasteiger partial charge on any atom is -0.497 e. The first-order valence-corrected chi connectivity index (χ1v) is 11.0. The van der Waals surface area contributed by atoms with Gasteiger partial charge in [0.25, 0.3) is 0 Å². The summed E-state index contributed by atoms with van der Waals surface area (Å²) in [6, 6.07) is 15.1. The Morgan fingerprint density at radius 2 is 1.91 bits per heavy atom. The number of nitrogens with zero attached hydrogens (tertiary/aromatic N) is 4. The van der Waals surface area contributed by atoms with Crippen molar-refractivity contribution < 1.29 is 14.3 Å². The molecule has 4 rings (SSSR count). The third kappa shape index (κ3) is 5.23. The molecule has 2 amide bonds. The Kier molecular flexibility index (Phi) is 6.74. The number of methoxy groups -OCH3 is 1. The number of amides is 2. The average molecular weight is 448 g/mol. The first kappa shape index (κ1) is 22.5. The van der Waals surface area contributed by atoms with Crippen LogP contribution in [0.3, 0.4) is 0 Å². The summed E-state index contributed by atoms with van der Waals surface area (Å²) in [5, 5.41) is 0. The van der Waals surface area contributed by atoms with Crippen LogP contribution in [-0.2, 0) is 6.54 Å². The van der Waals surface area contributed by atoms with Crippen LogP contribution >= 0.6 is 0 Å². The standard InChI is InChI=1S/C25H29N5O3/c1-28(21-9-11-29(12-10-21)15-18-5-3-8-22(13-18)33-2)25(32)30-16-23(27-17-30)19-6-4-7-20(14-19)24(26)31/h3-8,13-14,16-17,21H,9-12,15H2,1-2H3,(H2,26,31). The highest BCUT2D eigenvalue weighted by Crippen LogP contribution is 2.22. The molecule has 1 fully saturated rings. The molecule has 33 heavy (non-hydrogen) atoms. The molecule has 1 aromatic heterocycles. The van der Waals surface area contributed by atoms with E-state index in [0.29, 0.717) is 11.3 Å². The number of imidazole rings is 1. The van der Waals surface area contributed by atoms with E-state index in [1.807, 2.05) is 25.2 Å². The molecule has 2 aromatic carbocycles. The zero-order valence-corrected chi connectivity index (χ0v) is 19.0. The van der Waals surface area contributed by atoms with Gasteiger partial charge in [0.05, 0.1) is 12.8 Å². The fourth-order valence-corrected chi connectivity index (χ4v) is 4.24. The normalized spacial score (nSPS) is 14.7. The van der Waals surface area contributed by atoms with Crippen molar-refractivity contribution in [3.63, 3.8) is 0 Å². The molecule has 1 saturated heterocycles. The summed E-state index contributed by atoms with van der Waals surface area (Å²) in [5.74, 6) is 0.374. The molecule has 2 N–H and O–H groups in total. The number of carbonyl (C=O) groups is 2. The molecule has 0 radical (unpaired) electrons. The molecular formula is C25H29N5O3. The summed E-state index contributed by atoms with van der Waals surface area (Å²) in [4.78, 5) is 33.1. The van der Waals surface area contributed by atoms with Crippen molar-refractivity contribution in [2.24, 2.45) is 5.73 Å². The molecule has 1 aliphatic rings. The third-order valence-electron chi connectivity index (χ3n) is 6.19. The van der Waals surface area contributed by atoms with E-state index >= 15 is 0 Å². The predicted molar refractivity (Wildman–Crippen MR) is 126 cm³/mol. The number of carbonyl (C=O) groups excluding carboxylic acids is 2. The number of aromatic nitrogens is 2. The van der Waals surface area contributed by atoms with Gasteiger partial charge in [0, 0.05) is 50.0 Å². The van der Waals surface area contributed by atoms with Crippen LogP contribution in [0, 0.1) is 0 Å². The average Bonchev–Trinajstić information content (AvgIpc) is 3.34. The first-order valence-electron chi connectivity index (χ1n) is 11.0. The number of hydrogen-bond acceptors (Lipinski definition) is 5. The Hall–Kier alpha value is -3.65. The lowest BCUT2D eigenvalue weighted by molar-refractivity contribution is 0.1000. The van der Waals surface area contributed by atoms with Crippen molar-refractivity contribution in [1.29, 1.82) is 0 Å². The van der Waals surface area contributed by atoms with Crippen molar-refractivity contribution in [2.45, 2.75) is 25.4 Å². The highest BCUT2D eigenvalue weighted by Gasteiger charge is 2.26. The highest BCUT2D eigenvalue weighted by atomic mass is 16.5. The summed E-state index contributed by atoms with van der Waals surface area (Å²) in [6.45, 7) is 2.72. The fraction of sp³-hybridized carbons (Fsp3) is 0.320. The smallest absolute Gasteiger partial charge is 0.329 e. The number of hydrogen-bond donors (Lipinski definition) is 1. The van der Waals surface area contributed by atoms with Gasteiger partial charge in [0.15, 0.2) is 0 Å². The summed E-state index contributed by atoms with van der Waals surface area (Å²) >= 11 is 0. The Labute approximate surface area is 193 Å². The zero-order valence-electron chi connectivity index (χ0n) is 19.0. The number of primary amides is 1. The van der Waals surface area contributed by atoms with Crippen LogP contribution in [0.15, 0.2) is 61.1 Å². The van der Waals surface area contributed by atoms with Gasteiger partial charge in [-0.2, -0.15) is 0 Å². The number of nitrogens with two attached hydrogens (primary N) is 1. The molecule has 0 unspecified atom stereocenters. The fourth-order valence-electron chi connectivity index (χ4n) is 4.24. The van der Waals surface area contributed by atoms with Crippen LogP contribution in [0.5, 0.6) is 5.75 Å². The lowest BCUT2D eigenvalue weighted by Crippen LogP contribution is -2.46. The van der Waals surface area contributed by atoms with Gasteiger partial charge in [0.1, 0.15) is 12.1 Å². The minimum absolute atomic E-state index is 0.119. The van der Waals surface area contributed by atoms with E-state index in [1.165, 1.54) is 16.5 Å². The lowest BCUT2D eigenvalue weighted by Gasteiger charge is -2.36. The van der Waals surface area contributed by atoms with Gasteiger partial charge in [-0.25, -0.2) is 9.78 Å². The van der Waals surface area contributed by atoms with Gasteiger partial charge in [-0.1, -0.05) is 24.3 Å². The van der Waals surface area contributed by atoms with Crippen molar-refractivity contribution in [3.05, 3.63) is 72.2 Å². The summed E-state index contributed by atoms with van der Waals surface area (Å²) in [5.41, 5.74) is 8.36. The second-order valence-corrected chi connectivity index (χ2v) is 8.36. The maximum atomic E-state index is 13.1. The zero-order chi connectivity index (χ0) is 23.4. The van der Waals surface area contributed by atoms with E-state index < -0.39 is 5.91 Å². The van der Waals surface area contributed by atoms with Crippen LogP contribution in [0.1, 0.15) is 28.8 Å². The molecule has 8 nitrogen and oxygen atoms in total. The van der Waals surface area contributed by atoms with E-state index in [2.05, 4.69) is 22.0 Å². The largest absolute Gasteiger partial charge is 0.497 e. The quantitative estimate of drug-likeness (QED) is 0.626. The molecule has 0 bridgehead atoms. The van der Waals surface area contributed by atoms with Crippen LogP contribution < -0.4 is 10.5 Å². The number of ether oxygens (including phenoxy) is 1. The summed E-state index contributed by atoms with van der Waals surface area (Å²) in [7, 11) is 3.52. The molecule has 3 aromatic rings. The molecule has 1 aliphatic heterocycles. The maximum Gasteiger partial charge on any atom is 0.329 e. The van der Waals surface area contributed by atoms with Crippen molar-refractivity contribution in [2.75, 3.05) is 27.2 Å². The molecule has 8 heteroatoms. The van der Waals surface area contributed by atoms with E-state index in [0.717, 1.165) is 43.8 Å². The lowest BCUT2D eigenvalue weighted by atomic mass is 10.0. The van der Waals surface area contributed by atoms with Crippen molar-refractivity contribution in [1.82, 2.24) is 19.4 Å². The van der Waals surface area contributed by atoms with Crippen LogP contribution in [-0.4, -0.2) is 64.6 Å². The highest BCUT2D eigenvalue weighted by molar-refractivity contribution is 5.94. The molecular weight excluding hydrogens is 418 g/mol. The van der Waals surface area contributed by atoms with Gasteiger partial charge < -0.3 is 15.4 Å². The molecule has 0 saturated carbocycles. The number of rotatable bonds is 6. The third-order valence-corrected chi connectivity index (χ3v) is 6.19. The van der Waals surface area contributed by atoms with Gasteiger partial charge in [-0.3, -0.25) is 14.3 Å². The van der Waals surface area contributed by atoms with Gasteiger partial charge in [-0.05, 0) is 42.7 Å². The van der Waals surface area contributed by atoms with E-state index in [9.17, 15) is 9.59 Å². The van der Waals surface area contributed by atoms with Gasteiger partial charge in [-0.15, -0.1) is 0 Å². The number of benzene rings is 2. The van der Waals surface area contributed by atoms with Crippen molar-refractivity contribution >= 4 is 11.9 Å². The Morgan fingerprint density at radius 1 is 1.15 bits per heavy atom. The molecule has 0 aliphatic carbocycles. The van der Waals surface area contributed by atoms with E-state index in [1.54, 1.807) is 36.4 Å². The SMILES string of the molecule is COc1cccc(CN2CCC(N(C)C(=O)n3cnc(-c4cccc(C(N)=O)c4)c3)CC2)c1. The van der Waals surface area contributed by atoms with Crippen LogP contribution in [0.2, 0.25) is 0 Å². The van der Waals surface area contributed by atoms with Crippen molar-refractivity contribution in [3.8, 4) is 17.0 Å². The van der Waals surface area contributed by atoms with Crippen LogP contribution in [0.4, 0.5) is 4.79 Å². The maximum absolute atomic E-state index is 13.1. The monoisotopic (exact) mass is 447 g/mol. The first-order chi connectivity index (χ1) is 15.9. The molecule has 0 spiro atoms. The van der Waals surface area contributed by atoms with Gasteiger partial charge >= 0.3 is 6.03 Å². The predicted octanol–water partition coefficient (Wildman–Crippen LogP) is 3.22. The molecule has 2 heterocycles. The number of piperidine rings is 1. The summed E-state index contributed by atoms with van der Waals surface area (Å²) in [6.07, 6.45) is 5.03. The molecule has 0 atom stereocenters. The minimum atomic E-state index is -0.496. The Balaban J connectivity index is 1.35. The van der Waals surface area contributed by atoms with E-state index in [-0.39, 0.29) is 12.1 Å². The Morgan fingerprint density at radius 3 is 2.64 bits per heavy atom. The second-order valence-electron chi connectivity index (χ2n) is 8.36. The Bertz CT molecular complexity index is 1130. The molecule has 172 valence electrons. The second kappa shape index (κ2) is 9.87. The van der Waals surface area contributed by atoms with E-state index in [4.69, 9.17) is 10.5 Å². The van der Waals surface area contributed by atoms with Gasteiger partial charge in [0.2, 0.25) is 5.91 Å². The number of likely N-dealkylation sites (tertiary alicyclic amines) is 1. The van der Waals surface area contributed by atoms with Crippen LogP contribution in [0.25, 0.3) is 11.3 Å². The topological polar surface area (TPSA) is 93.7 Å². The summed E-state index contributed by atoms with van der Waals surface area (Å²) < 4.78 is 6.81.